The van der Waals surface area contributed by atoms with Gasteiger partial charge in [0.2, 0.25) is 0 Å². The van der Waals surface area contributed by atoms with Crippen LogP contribution in [0.4, 0.5) is 0 Å². The summed E-state index contributed by atoms with van der Waals surface area (Å²) in [5.74, 6) is 0.323. The smallest absolute Gasteiger partial charge is 0.254 e. The van der Waals surface area contributed by atoms with Crippen molar-refractivity contribution < 1.29 is 4.79 Å². The molecule has 0 saturated heterocycles. The van der Waals surface area contributed by atoms with E-state index in [1.54, 1.807) is 0 Å². The monoisotopic (exact) mass is 286 g/mol. The molecule has 0 bridgehead atoms. The van der Waals surface area contributed by atoms with E-state index in [2.05, 4.69) is 30.7 Å². The van der Waals surface area contributed by atoms with Crippen LogP contribution in [0.3, 0.4) is 0 Å². The lowest BCUT2D eigenvalue weighted by Gasteiger charge is -2.04. The van der Waals surface area contributed by atoms with Gasteiger partial charge in [-0.15, -0.1) is 10.2 Å². The van der Waals surface area contributed by atoms with Crippen molar-refractivity contribution in [3.8, 4) is 0 Å². The summed E-state index contributed by atoms with van der Waals surface area (Å²) in [4.78, 5) is 15.7. The molecule has 94 valence electrons. The highest BCUT2D eigenvalue weighted by Crippen LogP contribution is 2.14. The van der Waals surface area contributed by atoms with E-state index < -0.39 is 0 Å². The second-order valence-corrected chi connectivity index (χ2v) is 4.05. The van der Waals surface area contributed by atoms with Crippen molar-refractivity contribution in [2.75, 3.05) is 6.54 Å². The summed E-state index contributed by atoms with van der Waals surface area (Å²) in [7, 11) is 0. The summed E-state index contributed by atoms with van der Waals surface area (Å²) >= 11 is 11.4. The Bertz CT molecular complexity index is 544. The lowest BCUT2D eigenvalue weighted by Crippen LogP contribution is -2.26. The topological polar surface area (TPSA) is 96.5 Å². The molecule has 0 unspecified atom stereocenters. The first-order valence-electron chi connectivity index (χ1n) is 4.98. The van der Waals surface area contributed by atoms with Crippen molar-refractivity contribution in [3.63, 3.8) is 0 Å². The van der Waals surface area contributed by atoms with Crippen LogP contribution < -0.4 is 5.32 Å². The van der Waals surface area contributed by atoms with Crippen molar-refractivity contribution in [1.82, 2.24) is 30.7 Å². The first kappa shape index (κ1) is 12.7. The number of amides is 1. The zero-order valence-electron chi connectivity index (χ0n) is 9.02. The third-order valence-electron chi connectivity index (χ3n) is 2.08. The highest BCUT2D eigenvalue weighted by atomic mass is 35.5. The number of halogens is 2. The number of carbonyl (C=O) groups is 1. The minimum Gasteiger partial charge on any atom is -0.351 e. The van der Waals surface area contributed by atoms with Crippen molar-refractivity contribution in [2.45, 2.75) is 6.42 Å². The van der Waals surface area contributed by atoms with E-state index in [4.69, 9.17) is 23.2 Å². The summed E-state index contributed by atoms with van der Waals surface area (Å²) in [5.41, 5.74) is 0.189. The summed E-state index contributed by atoms with van der Waals surface area (Å²) in [6.07, 6.45) is 1.94. The van der Waals surface area contributed by atoms with E-state index in [0.717, 1.165) is 0 Å². The quantitative estimate of drug-likeness (QED) is 0.869. The number of hydrogen-bond donors (Lipinski definition) is 2. The second kappa shape index (κ2) is 5.74. The van der Waals surface area contributed by atoms with Crippen LogP contribution in [0.25, 0.3) is 0 Å². The zero-order chi connectivity index (χ0) is 13.0. The molecule has 2 aromatic heterocycles. The zero-order valence-corrected chi connectivity index (χ0v) is 10.5. The molecule has 0 fully saturated rings. The van der Waals surface area contributed by atoms with E-state index in [-0.39, 0.29) is 21.8 Å². The number of hydrogen-bond acceptors (Lipinski definition) is 5. The van der Waals surface area contributed by atoms with Crippen molar-refractivity contribution in [2.24, 2.45) is 0 Å². The van der Waals surface area contributed by atoms with Gasteiger partial charge >= 0.3 is 0 Å². The molecule has 0 saturated carbocycles. The molecule has 7 nitrogen and oxygen atoms in total. The molecule has 9 heteroatoms. The molecule has 0 radical (unpaired) electrons. The Hall–Kier alpha value is -1.73. The SMILES string of the molecule is O=C(NCCc1ncn[nH]1)c1cc(Cl)nnc1Cl. The summed E-state index contributed by atoms with van der Waals surface area (Å²) in [6, 6.07) is 1.36. The second-order valence-electron chi connectivity index (χ2n) is 3.31. The molecule has 0 spiro atoms. The molecule has 0 aromatic carbocycles. The van der Waals surface area contributed by atoms with Crippen molar-refractivity contribution in [1.29, 1.82) is 0 Å². The Morgan fingerprint density at radius 2 is 2.22 bits per heavy atom. The highest BCUT2D eigenvalue weighted by Gasteiger charge is 2.12. The third kappa shape index (κ3) is 3.14. The van der Waals surface area contributed by atoms with Crippen LogP contribution in [0.2, 0.25) is 10.3 Å². The molecule has 18 heavy (non-hydrogen) atoms. The van der Waals surface area contributed by atoms with Gasteiger partial charge < -0.3 is 5.32 Å². The Morgan fingerprint density at radius 1 is 1.39 bits per heavy atom. The Balaban J connectivity index is 1.93. The maximum absolute atomic E-state index is 11.8. The molecule has 0 atom stereocenters. The minimum atomic E-state index is -0.365. The lowest BCUT2D eigenvalue weighted by molar-refractivity contribution is 0.0953. The van der Waals surface area contributed by atoms with E-state index in [0.29, 0.717) is 18.8 Å². The van der Waals surface area contributed by atoms with Gasteiger partial charge in [-0.3, -0.25) is 9.89 Å². The van der Waals surface area contributed by atoms with Gasteiger partial charge in [-0.2, -0.15) is 5.10 Å². The van der Waals surface area contributed by atoms with Gasteiger partial charge in [-0.25, -0.2) is 4.98 Å². The first-order chi connectivity index (χ1) is 8.66. The first-order valence-corrected chi connectivity index (χ1v) is 5.73. The lowest BCUT2D eigenvalue weighted by atomic mass is 10.3. The van der Waals surface area contributed by atoms with Gasteiger partial charge in [-0.1, -0.05) is 23.2 Å². The van der Waals surface area contributed by atoms with E-state index in [9.17, 15) is 4.79 Å². The standard InChI is InChI=1S/C9H8Cl2N6O/c10-6-3-5(8(11)17-15-6)9(18)12-2-1-7-13-4-14-16-7/h3-4H,1-2H2,(H,12,18)(H,13,14,16). The Labute approximate surface area is 112 Å². The van der Waals surface area contributed by atoms with E-state index in [1.165, 1.54) is 12.4 Å². The van der Waals surface area contributed by atoms with Gasteiger partial charge in [0.1, 0.15) is 12.2 Å². The van der Waals surface area contributed by atoms with E-state index in [1.807, 2.05) is 0 Å². The summed E-state index contributed by atoms with van der Waals surface area (Å²) in [6.45, 7) is 0.393. The van der Waals surface area contributed by atoms with Gasteiger partial charge in [-0.05, 0) is 6.07 Å². The van der Waals surface area contributed by atoms with Crippen LogP contribution in [-0.4, -0.2) is 37.8 Å². The average molecular weight is 287 g/mol. The minimum absolute atomic E-state index is 0.0107. The molecule has 2 N–H and O–H groups in total. The predicted molar refractivity (Wildman–Crippen MR) is 64.5 cm³/mol. The molecular formula is C9H8Cl2N6O. The molecule has 1 amide bonds. The molecule has 2 heterocycles. The van der Waals surface area contributed by atoms with Crippen molar-refractivity contribution in [3.05, 3.63) is 34.1 Å². The number of aromatic nitrogens is 5. The maximum Gasteiger partial charge on any atom is 0.254 e. The van der Waals surface area contributed by atoms with Crippen LogP contribution in [0, 0.1) is 0 Å². The van der Waals surface area contributed by atoms with Gasteiger partial charge in [0.25, 0.3) is 5.91 Å². The van der Waals surface area contributed by atoms with Crippen LogP contribution >= 0.6 is 23.2 Å². The number of nitrogens with zero attached hydrogens (tertiary/aromatic N) is 4. The van der Waals surface area contributed by atoms with Crippen molar-refractivity contribution >= 4 is 29.1 Å². The van der Waals surface area contributed by atoms with E-state index >= 15 is 0 Å². The number of H-pyrrole nitrogens is 1. The summed E-state index contributed by atoms with van der Waals surface area (Å²) in [5, 5.41) is 16.3. The number of aromatic amines is 1. The van der Waals surface area contributed by atoms with Crippen LogP contribution in [-0.2, 0) is 6.42 Å². The fraction of sp³-hybridized carbons (Fsp3) is 0.222. The van der Waals surface area contributed by atoms with Crippen LogP contribution in [0.5, 0.6) is 0 Å². The van der Waals surface area contributed by atoms with Gasteiger partial charge in [0, 0.05) is 13.0 Å². The van der Waals surface area contributed by atoms with Gasteiger partial charge in [0.15, 0.2) is 10.3 Å². The molecule has 0 aliphatic heterocycles. The Morgan fingerprint density at radius 3 is 2.94 bits per heavy atom. The van der Waals surface area contributed by atoms with Gasteiger partial charge in [0.05, 0.1) is 5.56 Å². The molecule has 0 aliphatic carbocycles. The normalized spacial score (nSPS) is 10.3. The molecule has 2 rings (SSSR count). The number of rotatable bonds is 4. The van der Waals surface area contributed by atoms with Crippen LogP contribution in [0.1, 0.15) is 16.2 Å². The average Bonchev–Trinajstić information content (AvgIpc) is 2.85. The number of carbonyl (C=O) groups excluding carboxylic acids is 1. The summed E-state index contributed by atoms with van der Waals surface area (Å²) < 4.78 is 0. The fourth-order valence-electron chi connectivity index (χ4n) is 1.25. The highest BCUT2D eigenvalue weighted by molar-refractivity contribution is 6.34. The molecule has 0 aliphatic rings. The molecule has 2 aromatic rings. The largest absolute Gasteiger partial charge is 0.351 e. The predicted octanol–water partition coefficient (Wildman–Crippen LogP) is 0.874. The molecular weight excluding hydrogens is 279 g/mol. The number of nitrogens with one attached hydrogen (secondary N) is 2. The third-order valence-corrected chi connectivity index (χ3v) is 2.54. The Kier molecular flexibility index (Phi) is 4.06. The fourth-order valence-corrected chi connectivity index (χ4v) is 1.58. The maximum atomic E-state index is 11.8. The van der Waals surface area contributed by atoms with Crippen LogP contribution in [0.15, 0.2) is 12.4 Å².